The summed E-state index contributed by atoms with van der Waals surface area (Å²) in [5.74, 6) is 0.810. The molecule has 0 radical (unpaired) electrons. The first-order valence-electron chi connectivity index (χ1n) is 7.67. The number of likely N-dealkylation sites (N-methyl/N-ethyl adjacent to an activating group) is 2. The van der Waals surface area contributed by atoms with Gasteiger partial charge >= 0.3 is 0 Å². The van der Waals surface area contributed by atoms with Gasteiger partial charge in [0.25, 0.3) is 0 Å². The highest BCUT2D eigenvalue weighted by Crippen LogP contribution is 2.18. The van der Waals surface area contributed by atoms with Crippen LogP contribution < -0.4 is 4.74 Å². The van der Waals surface area contributed by atoms with Crippen molar-refractivity contribution < 1.29 is 9.47 Å². The molecule has 1 aliphatic heterocycles. The van der Waals surface area contributed by atoms with E-state index in [9.17, 15) is 0 Å². The molecule has 0 aromatic heterocycles. The van der Waals surface area contributed by atoms with Gasteiger partial charge < -0.3 is 14.4 Å². The third-order valence-corrected chi connectivity index (χ3v) is 4.23. The van der Waals surface area contributed by atoms with E-state index < -0.39 is 0 Å². The van der Waals surface area contributed by atoms with Gasteiger partial charge in [-0.1, -0.05) is 0 Å². The smallest absolute Gasteiger partial charge is 0.119 e. The van der Waals surface area contributed by atoms with Crippen LogP contribution in [0.4, 0.5) is 0 Å². The van der Waals surface area contributed by atoms with Crippen LogP contribution in [0.5, 0.6) is 5.75 Å². The summed E-state index contributed by atoms with van der Waals surface area (Å²) in [6.07, 6.45) is 1.45. The Bertz CT molecular complexity index is 498. The first-order valence-corrected chi connectivity index (χ1v) is 7.67. The normalized spacial score (nSPS) is 22.0. The lowest BCUT2D eigenvalue weighted by Gasteiger charge is -2.25. The van der Waals surface area contributed by atoms with E-state index in [0.29, 0.717) is 24.3 Å². The molecule has 5 nitrogen and oxygen atoms in total. The average Bonchev–Trinajstić information content (AvgIpc) is 2.88. The van der Waals surface area contributed by atoms with Crippen LogP contribution in [-0.4, -0.2) is 69.4 Å². The summed E-state index contributed by atoms with van der Waals surface area (Å²) in [4.78, 5) is 4.66. The molecule has 0 amide bonds. The lowest BCUT2D eigenvalue weighted by atomic mass is 10.2. The van der Waals surface area contributed by atoms with Crippen molar-refractivity contribution in [3.8, 4) is 11.8 Å². The Hall–Kier alpha value is -1.61. The van der Waals surface area contributed by atoms with Gasteiger partial charge in [-0.2, -0.15) is 5.26 Å². The van der Waals surface area contributed by atoms with E-state index in [2.05, 4.69) is 30.0 Å². The summed E-state index contributed by atoms with van der Waals surface area (Å²) < 4.78 is 11.2. The summed E-state index contributed by atoms with van der Waals surface area (Å²) in [5, 5.41) is 8.76. The van der Waals surface area contributed by atoms with Crippen LogP contribution >= 0.6 is 0 Å². The number of nitriles is 1. The summed E-state index contributed by atoms with van der Waals surface area (Å²) in [5.41, 5.74) is 0.654. The Morgan fingerprint density at radius 2 is 2.09 bits per heavy atom. The molecule has 120 valence electrons. The van der Waals surface area contributed by atoms with E-state index in [1.165, 1.54) is 0 Å². The molecule has 0 unspecified atom stereocenters. The Kier molecular flexibility index (Phi) is 6.20. The number of rotatable bonds is 7. The molecule has 0 aliphatic carbocycles. The number of likely N-dealkylation sites (tertiary alicyclic amines) is 1. The van der Waals surface area contributed by atoms with Crippen LogP contribution in [0.2, 0.25) is 0 Å². The average molecular weight is 303 g/mol. The Morgan fingerprint density at radius 1 is 1.36 bits per heavy atom. The molecule has 2 rings (SSSR count). The van der Waals surface area contributed by atoms with Gasteiger partial charge in [0, 0.05) is 32.8 Å². The molecule has 1 aromatic carbocycles. The summed E-state index contributed by atoms with van der Waals surface area (Å²) >= 11 is 0. The molecule has 0 saturated carbocycles. The Labute approximate surface area is 133 Å². The predicted molar refractivity (Wildman–Crippen MR) is 86.0 cm³/mol. The van der Waals surface area contributed by atoms with Crippen molar-refractivity contribution in [2.75, 3.05) is 47.4 Å². The minimum absolute atomic E-state index is 0.360. The highest BCUT2D eigenvalue weighted by molar-refractivity contribution is 5.34. The molecule has 0 N–H and O–H groups in total. The van der Waals surface area contributed by atoms with Crippen molar-refractivity contribution in [2.24, 2.45) is 0 Å². The summed E-state index contributed by atoms with van der Waals surface area (Å²) in [6, 6.07) is 9.88. The summed E-state index contributed by atoms with van der Waals surface area (Å²) in [6.45, 7) is 3.55. The van der Waals surface area contributed by atoms with Gasteiger partial charge in [-0.3, -0.25) is 4.90 Å². The van der Waals surface area contributed by atoms with Crippen molar-refractivity contribution in [1.29, 1.82) is 5.26 Å². The summed E-state index contributed by atoms with van der Waals surface area (Å²) in [7, 11) is 6.07. The van der Waals surface area contributed by atoms with E-state index in [0.717, 1.165) is 31.8 Å². The third kappa shape index (κ3) is 4.70. The Morgan fingerprint density at radius 3 is 2.68 bits per heavy atom. The lowest BCUT2D eigenvalue weighted by Crippen LogP contribution is -2.38. The monoisotopic (exact) mass is 303 g/mol. The minimum Gasteiger partial charge on any atom is -0.492 e. The van der Waals surface area contributed by atoms with Crippen molar-refractivity contribution in [2.45, 2.75) is 18.6 Å². The van der Waals surface area contributed by atoms with Crippen LogP contribution in [-0.2, 0) is 4.74 Å². The molecule has 2 atom stereocenters. The fourth-order valence-electron chi connectivity index (χ4n) is 2.81. The van der Waals surface area contributed by atoms with Crippen LogP contribution in [0.15, 0.2) is 24.3 Å². The first-order chi connectivity index (χ1) is 10.6. The van der Waals surface area contributed by atoms with Crippen molar-refractivity contribution in [3.63, 3.8) is 0 Å². The second-order valence-corrected chi connectivity index (χ2v) is 5.93. The lowest BCUT2D eigenvalue weighted by molar-refractivity contribution is 0.111. The van der Waals surface area contributed by atoms with E-state index in [1.807, 2.05) is 12.1 Å². The second-order valence-electron chi connectivity index (χ2n) is 5.93. The largest absolute Gasteiger partial charge is 0.492 e. The van der Waals surface area contributed by atoms with E-state index >= 15 is 0 Å². The van der Waals surface area contributed by atoms with Gasteiger partial charge in [0.1, 0.15) is 12.4 Å². The molecule has 1 aliphatic rings. The molecule has 1 saturated heterocycles. The molecule has 5 heteroatoms. The molecule has 22 heavy (non-hydrogen) atoms. The fourth-order valence-corrected chi connectivity index (χ4v) is 2.81. The highest BCUT2D eigenvalue weighted by Gasteiger charge is 2.29. The van der Waals surface area contributed by atoms with E-state index in [-0.39, 0.29) is 0 Å². The fraction of sp³-hybridized carbons (Fsp3) is 0.588. The molecule has 1 heterocycles. The maximum absolute atomic E-state index is 8.76. The van der Waals surface area contributed by atoms with Gasteiger partial charge in [0.2, 0.25) is 0 Å². The molecule has 0 bridgehead atoms. The zero-order valence-electron chi connectivity index (χ0n) is 13.7. The first kappa shape index (κ1) is 16.8. The molecule has 1 aromatic rings. The number of ether oxygens (including phenoxy) is 2. The van der Waals surface area contributed by atoms with Crippen LogP contribution in [0.1, 0.15) is 12.0 Å². The maximum Gasteiger partial charge on any atom is 0.119 e. The van der Waals surface area contributed by atoms with E-state index in [4.69, 9.17) is 14.7 Å². The second kappa shape index (κ2) is 8.14. The topological polar surface area (TPSA) is 48.7 Å². The van der Waals surface area contributed by atoms with Crippen LogP contribution in [0.25, 0.3) is 0 Å². The number of nitrogens with zero attached hydrogens (tertiary/aromatic N) is 3. The predicted octanol–water partition coefficient (Wildman–Crippen LogP) is 1.59. The van der Waals surface area contributed by atoms with Gasteiger partial charge in [-0.05, 0) is 44.8 Å². The van der Waals surface area contributed by atoms with Crippen LogP contribution in [0, 0.1) is 11.3 Å². The van der Waals surface area contributed by atoms with Gasteiger partial charge in [0.15, 0.2) is 0 Å². The van der Waals surface area contributed by atoms with Gasteiger partial charge in [-0.25, -0.2) is 0 Å². The standard InChI is InChI=1S/C17H25N3O2/c1-19(12-15-10-17(21-3)13-20(15)2)8-9-22-16-6-4-14(11-18)5-7-16/h4-7,15,17H,8-10,12-13H2,1-3H3/t15-,17-/m0/s1. The molecular weight excluding hydrogens is 278 g/mol. The molecule has 0 spiro atoms. The van der Waals surface area contributed by atoms with Crippen molar-refractivity contribution in [1.82, 2.24) is 9.80 Å². The maximum atomic E-state index is 8.76. The Balaban J connectivity index is 1.69. The zero-order valence-corrected chi connectivity index (χ0v) is 13.7. The number of methoxy groups -OCH3 is 1. The van der Waals surface area contributed by atoms with Crippen molar-refractivity contribution in [3.05, 3.63) is 29.8 Å². The van der Waals surface area contributed by atoms with Gasteiger partial charge in [-0.15, -0.1) is 0 Å². The number of benzene rings is 1. The zero-order chi connectivity index (χ0) is 15.9. The third-order valence-electron chi connectivity index (χ3n) is 4.23. The van der Waals surface area contributed by atoms with Crippen LogP contribution in [0.3, 0.4) is 0 Å². The van der Waals surface area contributed by atoms with E-state index in [1.54, 1.807) is 19.2 Å². The highest BCUT2D eigenvalue weighted by atomic mass is 16.5. The van der Waals surface area contributed by atoms with Gasteiger partial charge in [0.05, 0.1) is 17.7 Å². The molecular formula is C17H25N3O2. The number of hydrogen-bond donors (Lipinski definition) is 0. The quantitative estimate of drug-likeness (QED) is 0.765. The minimum atomic E-state index is 0.360. The number of hydrogen-bond acceptors (Lipinski definition) is 5. The van der Waals surface area contributed by atoms with Crippen molar-refractivity contribution >= 4 is 0 Å². The molecule has 1 fully saturated rings. The SMILES string of the molecule is CO[C@H]1C[C@@H](CN(C)CCOc2ccc(C#N)cc2)N(C)C1.